The second-order valence-electron chi connectivity index (χ2n) is 5.42. The summed E-state index contributed by atoms with van der Waals surface area (Å²) in [6, 6.07) is 3.28. The molecule has 1 saturated carbocycles. The Labute approximate surface area is 128 Å². The Kier molecular flexibility index (Phi) is 5.27. The molecular formula is C15H20BrClFN. The van der Waals surface area contributed by atoms with E-state index in [0.717, 1.165) is 18.9 Å². The molecule has 0 spiro atoms. The Morgan fingerprint density at radius 1 is 1.47 bits per heavy atom. The van der Waals surface area contributed by atoms with Gasteiger partial charge in [-0.25, -0.2) is 4.39 Å². The lowest BCUT2D eigenvalue weighted by molar-refractivity contribution is 0.340. The van der Waals surface area contributed by atoms with E-state index in [2.05, 4.69) is 35.1 Å². The molecule has 0 aliphatic heterocycles. The van der Waals surface area contributed by atoms with Gasteiger partial charge in [-0.3, -0.25) is 0 Å². The van der Waals surface area contributed by atoms with E-state index >= 15 is 0 Å². The van der Waals surface area contributed by atoms with Gasteiger partial charge >= 0.3 is 0 Å². The van der Waals surface area contributed by atoms with Crippen LogP contribution in [0.15, 0.2) is 16.6 Å². The van der Waals surface area contributed by atoms with Crippen LogP contribution in [0.1, 0.15) is 44.7 Å². The molecule has 4 heteroatoms. The van der Waals surface area contributed by atoms with Crippen molar-refractivity contribution in [3.63, 3.8) is 0 Å². The van der Waals surface area contributed by atoms with E-state index in [1.165, 1.54) is 18.9 Å². The molecule has 0 aromatic heterocycles. The van der Waals surface area contributed by atoms with Crippen molar-refractivity contribution < 1.29 is 4.39 Å². The van der Waals surface area contributed by atoms with Crippen LogP contribution < -0.4 is 5.32 Å². The van der Waals surface area contributed by atoms with Crippen LogP contribution in [0.2, 0.25) is 5.02 Å². The van der Waals surface area contributed by atoms with E-state index in [1.54, 1.807) is 6.07 Å². The van der Waals surface area contributed by atoms with Gasteiger partial charge in [-0.05, 0) is 65.7 Å². The van der Waals surface area contributed by atoms with E-state index in [0.29, 0.717) is 21.0 Å². The number of benzene rings is 1. The van der Waals surface area contributed by atoms with Crippen molar-refractivity contribution in [1.82, 2.24) is 5.32 Å². The van der Waals surface area contributed by atoms with Gasteiger partial charge in [0, 0.05) is 16.1 Å². The molecule has 1 N–H and O–H groups in total. The predicted molar refractivity (Wildman–Crippen MR) is 82.0 cm³/mol. The fraction of sp³-hybridized carbons (Fsp3) is 0.600. The normalized spacial score (nSPS) is 18.4. The van der Waals surface area contributed by atoms with Gasteiger partial charge < -0.3 is 5.32 Å². The molecule has 1 aromatic rings. The Balaban J connectivity index is 2.28. The summed E-state index contributed by atoms with van der Waals surface area (Å²) in [4.78, 5) is 0. The highest BCUT2D eigenvalue weighted by Gasteiger charge is 2.35. The Morgan fingerprint density at radius 2 is 2.16 bits per heavy atom. The smallest absolute Gasteiger partial charge is 0.129 e. The largest absolute Gasteiger partial charge is 0.310 e. The third-order valence-corrected chi connectivity index (χ3v) is 5.08. The minimum atomic E-state index is -0.183. The van der Waals surface area contributed by atoms with Crippen molar-refractivity contribution >= 4 is 27.5 Å². The summed E-state index contributed by atoms with van der Waals surface area (Å²) >= 11 is 9.39. The molecule has 1 aliphatic carbocycles. The van der Waals surface area contributed by atoms with Crippen LogP contribution in [-0.2, 0) is 0 Å². The highest BCUT2D eigenvalue weighted by molar-refractivity contribution is 9.10. The third kappa shape index (κ3) is 3.71. The van der Waals surface area contributed by atoms with E-state index in [-0.39, 0.29) is 11.9 Å². The molecule has 2 unspecified atom stereocenters. The Morgan fingerprint density at radius 3 is 2.74 bits per heavy atom. The summed E-state index contributed by atoms with van der Waals surface area (Å²) in [6.45, 7) is 5.23. The minimum absolute atomic E-state index is 0.0537. The van der Waals surface area contributed by atoms with Gasteiger partial charge in [0.2, 0.25) is 0 Å². The van der Waals surface area contributed by atoms with Gasteiger partial charge in [0.15, 0.2) is 0 Å². The maximum absolute atomic E-state index is 14.2. The maximum atomic E-state index is 14.2. The van der Waals surface area contributed by atoms with Crippen molar-refractivity contribution in [2.24, 2.45) is 11.8 Å². The van der Waals surface area contributed by atoms with Crippen LogP contribution in [0.4, 0.5) is 4.39 Å². The van der Waals surface area contributed by atoms with Crippen LogP contribution in [0.5, 0.6) is 0 Å². The zero-order valence-electron chi connectivity index (χ0n) is 11.3. The molecule has 2 rings (SSSR count). The number of halogens is 3. The van der Waals surface area contributed by atoms with Crippen molar-refractivity contribution in [3.8, 4) is 0 Å². The summed E-state index contributed by atoms with van der Waals surface area (Å²) in [5, 5.41) is 4.05. The molecule has 19 heavy (non-hydrogen) atoms. The predicted octanol–water partition coefficient (Wildman–Crippen LogP) is 5.33. The Hall–Kier alpha value is -0.120. The van der Waals surface area contributed by atoms with Crippen molar-refractivity contribution in [3.05, 3.63) is 33.0 Å². The zero-order chi connectivity index (χ0) is 14.0. The first-order valence-electron chi connectivity index (χ1n) is 6.92. The number of hydrogen-bond donors (Lipinski definition) is 1. The lowest BCUT2D eigenvalue weighted by Crippen LogP contribution is -2.29. The van der Waals surface area contributed by atoms with Crippen molar-refractivity contribution in [2.45, 2.75) is 39.2 Å². The summed E-state index contributed by atoms with van der Waals surface area (Å²) in [7, 11) is 0. The van der Waals surface area contributed by atoms with E-state index < -0.39 is 0 Å². The highest BCUT2D eigenvalue weighted by atomic mass is 79.9. The first-order valence-corrected chi connectivity index (χ1v) is 8.09. The lowest BCUT2D eigenvalue weighted by Gasteiger charge is -2.26. The van der Waals surface area contributed by atoms with Gasteiger partial charge in [-0.1, -0.05) is 25.4 Å². The van der Waals surface area contributed by atoms with Gasteiger partial charge in [-0.15, -0.1) is 0 Å². The number of nitrogens with one attached hydrogen (secondary N) is 1. The summed E-state index contributed by atoms with van der Waals surface area (Å²) < 4.78 is 14.8. The molecule has 1 fully saturated rings. The van der Waals surface area contributed by atoms with Crippen LogP contribution >= 0.6 is 27.5 Å². The van der Waals surface area contributed by atoms with E-state index in [9.17, 15) is 4.39 Å². The standard InChI is InChI=1S/C15H20BrClFN/c1-3-6-19-15(9(2)10-4-5-10)11-7-13(17)12(16)8-14(11)18/h7-10,15,19H,3-6H2,1-2H3. The molecule has 0 radical (unpaired) electrons. The molecule has 1 aliphatic rings. The summed E-state index contributed by atoms with van der Waals surface area (Å²) in [5.74, 6) is 0.979. The Bertz CT molecular complexity index is 448. The van der Waals surface area contributed by atoms with Crippen LogP contribution in [0.25, 0.3) is 0 Å². The molecule has 1 aromatic carbocycles. The monoisotopic (exact) mass is 347 g/mol. The zero-order valence-corrected chi connectivity index (χ0v) is 13.7. The first-order chi connectivity index (χ1) is 9.04. The van der Waals surface area contributed by atoms with Gasteiger partial charge in [0.25, 0.3) is 0 Å². The van der Waals surface area contributed by atoms with Crippen LogP contribution in [0.3, 0.4) is 0 Å². The quantitative estimate of drug-likeness (QED) is 0.685. The van der Waals surface area contributed by atoms with Crippen molar-refractivity contribution in [1.29, 1.82) is 0 Å². The SMILES string of the molecule is CCCNC(c1cc(Cl)c(Br)cc1F)C(C)C1CC1. The molecule has 0 amide bonds. The molecule has 106 valence electrons. The third-order valence-electron chi connectivity index (χ3n) is 3.88. The van der Waals surface area contributed by atoms with Crippen LogP contribution in [0, 0.1) is 17.7 Å². The average molecular weight is 349 g/mol. The topological polar surface area (TPSA) is 12.0 Å². The van der Waals surface area contributed by atoms with Gasteiger partial charge in [0.05, 0.1) is 5.02 Å². The maximum Gasteiger partial charge on any atom is 0.129 e. The van der Waals surface area contributed by atoms with Crippen LogP contribution in [-0.4, -0.2) is 6.54 Å². The molecule has 1 nitrogen and oxygen atoms in total. The highest BCUT2D eigenvalue weighted by Crippen LogP contribution is 2.43. The fourth-order valence-electron chi connectivity index (χ4n) is 2.55. The molecule has 2 atom stereocenters. The fourth-order valence-corrected chi connectivity index (χ4v) is 3.04. The second-order valence-corrected chi connectivity index (χ2v) is 6.68. The lowest BCUT2D eigenvalue weighted by atomic mass is 9.90. The minimum Gasteiger partial charge on any atom is -0.310 e. The molecule has 0 heterocycles. The average Bonchev–Trinajstić information content (AvgIpc) is 3.19. The summed E-state index contributed by atoms with van der Waals surface area (Å²) in [6.07, 6.45) is 3.56. The molecule has 0 bridgehead atoms. The van der Waals surface area contributed by atoms with E-state index in [1.807, 2.05) is 0 Å². The van der Waals surface area contributed by atoms with Crippen molar-refractivity contribution in [2.75, 3.05) is 6.54 Å². The van der Waals surface area contributed by atoms with Gasteiger partial charge in [-0.2, -0.15) is 0 Å². The number of hydrogen-bond acceptors (Lipinski definition) is 1. The molecule has 0 saturated heterocycles. The number of rotatable bonds is 6. The van der Waals surface area contributed by atoms with E-state index in [4.69, 9.17) is 11.6 Å². The summed E-state index contributed by atoms with van der Waals surface area (Å²) in [5.41, 5.74) is 0.695. The molecular weight excluding hydrogens is 329 g/mol. The second kappa shape index (κ2) is 6.55. The van der Waals surface area contributed by atoms with Gasteiger partial charge in [0.1, 0.15) is 5.82 Å². The first kappa shape index (κ1) is 15.3.